The van der Waals surface area contributed by atoms with E-state index in [9.17, 15) is 9.18 Å². The van der Waals surface area contributed by atoms with Crippen LogP contribution in [0.1, 0.15) is 22.3 Å². The van der Waals surface area contributed by atoms with Crippen LogP contribution in [0.5, 0.6) is 0 Å². The van der Waals surface area contributed by atoms with E-state index in [0.717, 1.165) is 0 Å². The van der Waals surface area contributed by atoms with E-state index >= 15 is 0 Å². The molecule has 16 heavy (non-hydrogen) atoms. The molecule has 1 aromatic carbocycles. The van der Waals surface area contributed by atoms with Crippen molar-refractivity contribution in [1.29, 1.82) is 0 Å². The van der Waals surface area contributed by atoms with Gasteiger partial charge in [-0.05, 0) is 23.7 Å². The molecule has 1 rings (SSSR count). The predicted molar refractivity (Wildman–Crippen MR) is 57.3 cm³/mol. The summed E-state index contributed by atoms with van der Waals surface area (Å²) in [6.07, 6.45) is 0.996. The van der Waals surface area contributed by atoms with Gasteiger partial charge in [0, 0.05) is 29.0 Å². The van der Waals surface area contributed by atoms with Gasteiger partial charge in [-0.2, -0.15) is 0 Å². The third-order valence-corrected chi connectivity index (χ3v) is 1.77. The molecule has 0 amide bonds. The highest BCUT2D eigenvalue weighted by Gasteiger charge is 1.99. The highest BCUT2D eigenvalue weighted by molar-refractivity contribution is 5.79. The fourth-order valence-corrected chi connectivity index (χ4v) is 1.05. The lowest BCUT2D eigenvalue weighted by Gasteiger charge is -1.95. The first-order valence-corrected chi connectivity index (χ1v) is 4.52. The van der Waals surface area contributed by atoms with Crippen molar-refractivity contribution in [2.24, 2.45) is 5.11 Å². The number of carbonyl (C=O) groups is 1. The van der Waals surface area contributed by atoms with Crippen molar-refractivity contribution in [3.8, 4) is 11.8 Å². The molecule has 1 aromatic rings. The topological polar surface area (TPSA) is 65.8 Å². The van der Waals surface area contributed by atoms with Crippen molar-refractivity contribution in [2.45, 2.75) is 6.42 Å². The van der Waals surface area contributed by atoms with E-state index < -0.39 is 5.82 Å². The van der Waals surface area contributed by atoms with Gasteiger partial charge in [0.25, 0.3) is 0 Å². The van der Waals surface area contributed by atoms with E-state index in [1.165, 1.54) is 18.2 Å². The molecule has 5 heteroatoms. The Morgan fingerprint density at radius 1 is 1.56 bits per heavy atom. The molecule has 0 aliphatic rings. The third kappa shape index (κ3) is 3.45. The summed E-state index contributed by atoms with van der Waals surface area (Å²) in [6.45, 7) is 0.259. The number of azide groups is 1. The minimum atomic E-state index is -0.440. The maximum Gasteiger partial charge on any atom is 0.151 e. The normalized spacial score (nSPS) is 8.56. The minimum Gasteiger partial charge on any atom is -0.298 e. The molecule has 0 aliphatic heterocycles. The Morgan fingerprint density at radius 3 is 3.06 bits per heavy atom. The van der Waals surface area contributed by atoms with Crippen molar-refractivity contribution in [2.75, 3.05) is 6.54 Å². The molecule has 0 bridgehead atoms. The molecule has 0 radical (unpaired) electrons. The quantitative estimate of drug-likeness (QED) is 0.192. The van der Waals surface area contributed by atoms with Crippen LogP contribution in [0.15, 0.2) is 23.3 Å². The largest absolute Gasteiger partial charge is 0.298 e. The summed E-state index contributed by atoms with van der Waals surface area (Å²) in [5, 5.41) is 3.30. The van der Waals surface area contributed by atoms with Gasteiger partial charge in [-0.15, -0.1) is 0 Å². The Bertz CT molecular complexity index is 496. The lowest BCUT2D eigenvalue weighted by molar-refractivity contribution is 0.112. The number of hydrogen-bond acceptors (Lipinski definition) is 2. The molecule has 4 nitrogen and oxygen atoms in total. The first-order chi connectivity index (χ1) is 7.77. The van der Waals surface area contributed by atoms with Gasteiger partial charge in [0.2, 0.25) is 0 Å². The summed E-state index contributed by atoms with van der Waals surface area (Å²) in [6, 6.07) is 3.78. The monoisotopic (exact) mass is 217 g/mol. The number of halogens is 1. The van der Waals surface area contributed by atoms with Crippen LogP contribution in [0.3, 0.4) is 0 Å². The van der Waals surface area contributed by atoms with Gasteiger partial charge in [-0.25, -0.2) is 4.39 Å². The van der Waals surface area contributed by atoms with Crippen molar-refractivity contribution >= 4 is 6.29 Å². The van der Waals surface area contributed by atoms with Crippen LogP contribution in [0.4, 0.5) is 4.39 Å². The zero-order chi connectivity index (χ0) is 11.8. The van der Waals surface area contributed by atoms with E-state index in [1.807, 2.05) is 0 Å². The van der Waals surface area contributed by atoms with E-state index in [4.69, 9.17) is 5.53 Å². The van der Waals surface area contributed by atoms with Crippen molar-refractivity contribution in [3.05, 3.63) is 45.6 Å². The molecule has 0 heterocycles. The lowest BCUT2D eigenvalue weighted by atomic mass is 10.1. The average molecular weight is 217 g/mol. The number of hydrogen-bond donors (Lipinski definition) is 0. The van der Waals surface area contributed by atoms with Crippen LogP contribution >= 0.6 is 0 Å². The number of nitrogens with zero attached hydrogens (tertiary/aromatic N) is 3. The lowest BCUT2D eigenvalue weighted by Crippen LogP contribution is -1.88. The molecular weight excluding hydrogens is 209 g/mol. The zero-order valence-corrected chi connectivity index (χ0v) is 8.35. The SMILES string of the molecule is [N-]=[N+]=NCCC#Cc1cc(F)ccc1C=O. The number of benzene rings is 1. The van der Waals surface area contributed by atoms with E-state index in [-0.39, 0.29) is 6.54 Å². The number of aldehydes is 1. The molecule has 0 saturated heterocycles. The van der Waals surface area contributed by atoms with Gasteiger partial charge in [0.1, 0.15) is 5.82 Å². The smallest absolute Gasteiger partial charge is 0.151 e. The van der Waals surface area contributed by atoms with Gasteiger partial charge in [0.15, 0.2) is 6.29 Å². The Balaban J connectivity index is 2.82. The minimum absolute atomic E-state index is 0.259. The van der Waals surface area contributed by atoms with Crippen molar-refractivity contribution in [3.63, 3.8) is 0 Å². The molecule has 80 valence electrons. The van der Waals surface area contributed by atoms with E-state index in [1.54, 1.807) is 0 Å². The maximum absolute atomic E-state index is 12.9. The molecule has 0 spiro atoms. The second kappa shape index (κ2) is 6.23. The molecular formula is C11H8FN3O. The molecule has 0 fully saturated rings. The van der Waals surface area contributed by atoms with Crippen LogP contribution in [0.2, 0.25) is 0 Å². The van der Waals surface area contributed by atoms with Gasteiger partial charge in [-0.1, -0.05) is 17.0 Å². The van der Waals surface area contributed by atoms with Gasteiger partial charge in [0.05, 0.1) is 0 Å². The molecule has 0 aliphatic carbocycles. The van der Waals surface area contributed by atoms with Crippen LogP contribution in [-0.2, 0) is 0 Å². The molecule has 0 atom stereocenters. The van der Waals surface area contributed by atoms with Gasteiger partial charge in [-0.3, -0.25) is 4.79 Å². The second-order valence-corrected chi connectivity index (χ2v) is 2.86. The summed E-state index contributed by atoms with van der Waals surface area (Å²) < 4.78 is 12.9. The number of rotatable bonds is 3. The van der Waals surface area contributed by atoms with Gasteiger partial charge >= 0.3 is 0 Å². The summed E-state index contributed by atoms with van der Waals surface area (Å²) in [5.74, 6) is 4.92. The van der Waals surface area contributed by atoms with Gasteiger partial charge < -0.3 is 0 Å². The Hall–Kier alpha value is -2.31. The fourth-order valence-electron chi connectivity index (χ4n) is 1.05. The zero-order valence-electron chi connectivity index (χ0n) is 8.35. The molecule has 0 saturated carbocycles. The summed E-state index contributed by atoms with van der Waals surface area (Å²) in [7, 11) is 0. The van der Waals surface area contributed by atoms with Crippen molar-refractivity contribution in [1.82, 2.24) is 0 Å². The Kier molecular flexibility index (Phi) is 4.58. The van der Waals surface area contributed by atoms with Crippen LogP contribution in [0.25, 0.3) is 10.4 Å². The highest BCUT2D eigenvalue weighted by Crippen LogP contribution is 2.07. The van der Waals surface area contributed by atoms with Crippen LogP contribution < -0.4 is 0 Å². The second-order valence-electron chi connectivity index (χ2n) is 2.86. The third-order valence-electron chi connectivity index (χ3n) is 1.77. The standard InChI is InChI=1S/C11H8FN3O/c12-11-5-4-10(8-16)9(7-11)3-1-2-6-14-15-13/h4-5,7-8H,2,6H2. The summed E-state index contributed by atoms with van der Waals surface area (Å²) >= 11 is 0. The first kappa shape index (κ1) is 11.8. The summed E-state index contributed by atoms with van der Waals surface area (Å²) in [5.41, 5.74) is 8.70. The number of carbonyl (C=O) groups excluding carboxylic acids is 1. The molecule has 0 aromatic heterocycles. The highest BCUT2D eigenvalue weighted by atomic mass is 19.1. The summed E-state index contributed by atoms with van der Waals surface area (Å²) in [4.78, 5) is 13.2. The van der Waals surface area contributed by atoms with E-state index in [0.29, 0.717) is 23.8 Å². The predicted octanol–water partition coefficient (Wildman–Crippen LogP) is 2.69. The van der Waals surface area contributed by atoms with Crippen LogP contribution in [-0.4, -0.2) is 12.8 Å². The fraction of sp³-hybridized carbons (Fsp3) is 0.182. The van der Waals surface area contributed by atoms with E-state index in [2.05, 4.69) is 21.9 Å². The first-order valence-electron chi connectivity index (χ1n) is 4.52. The van der Waals surface area contributed by atoms with Crippen molar-refractivity contribution < 1.29 is 9.18 Å². The molecule has 0 N–H and O–H groups in total. The van der Waals surface area contributed by atoms with Crippen LogP contribution in [0, 0.1) is 17.7 Å². The molecule has 0 unspecified atom stereocenters. The maximum atomic E-state index is 12.9. The average Bonchev–Trinajstić information content (AvgIpc) is 2.29. The Morgan fingerprint density at radius 2 is 2.38 bits per heavy atom. The Labute approximate surface area is 91.7 Å².